The second-order valence-corrected chi connectivity index (χ2v) is 4.65. The van der Waals surface area contributed by atoms with E-state index in [0.29, 0.717) is 11.5 Å². The summed E-state index contributed by atoms with van der Waals surface area (Å²) < 4.78 is 13.2. The molecule has 2 nitrogen and oxygen atoms in total. The molecule has 18 heavy (non-hydrogen) atoms. The highest BCUT2D eigenvalue weighted by molar-refractivity contribution is 5.53. The van der Waals surface area contributed by atoms with Gasteiger partial charge < -0.3 is 10.0 Å². The Labute approximate surface area is 109 Å². The molecule has 0 aromatic heterocycles. The highest BCUT2D eigenvalue weighted by Crippen LogP contribution is 2.24. The number of aliphatic hydroxyl groups excluding tert-OH is 1. The van der Waals surface area contributed by atoms with E-state index in [0.717, 1.165) is 31.6 Å². The molecule has 0 heterocycles. The fourth-order valence-electron chi connectivity index (χ4n) is 2.25. The summed E-state index contributed by atoms with van der Waals surface area (Å²) in [5.74, 6) is 0.350. The van der Waals surface area contributed by atoms with Crippen LogP contribution in [-0.2, 0) is 6.61 Å². The largest absolute Gasteiger partial charge is 0.392 e. The van der Waals surface area contributed by atoms with Crippen molar-refractivity contribution in [3.8, 4) is 0 Å². The van der Waals surface area contributed by atoms with Crippen molar-refractivity contribution in [3.05, 3.63) is 29.6 Å². The molecule has 1 aromatic rings. The third kappa shape index (κ3) is 3.70. The molecule has 0 unspecified atom stereocenters. The first-order valence-corrected chi connectivity index (χ1v) is 6.80. The Morgan fingerprint density at radius 1 is 1.22 bits per heavy atom. The minimum Gasteiger partial charge on any atom is -0.392 e. The highest BCUT2D eigenvalue weighted by atomic mass is 19.1. The van der Waals surface area contributed by atoms with Crippen molar-refractivity contribution >= 4 is 5.69 Å². The molecule has 1 rings (SSSR count). The van der Waals surface area contributed by atoms with Gasteiger partial charge in [0.2, 0.25) is 0 Å². The maximum Gasteiger partial charge on any atom is 0.123 e. The van der Waals surface area contributed by atoms with E-state index in [1.54, 1.807) is 6.07 Å². The summed E-state index contributed by atoms with van der Waals surface area (Å²) in [6.07, 6.45) is 2.28. The maximum atomic E-state index is 13.2. The van der Waals surface area contributed by atoms with Crippen molar-refractivity contribution in [2.24, 2.45) is 5.92 Å². The van der Waals surface area contributed by atoms with Crippen LogP contribution in [0.1, 0.15) is 39.2 Å². The van der Waals surface area contributed by atoms with Crippen molar-refractivity contribution in [1.29, 1.82) is 0 Å². The Morgan fingerprint density at radius 2 is 1.89 bits per heavy atom. The molecule has 0 atom stereocenters. The average Bonchev–Trinajstić information content (AvgIpc) is 2.41. The minimum absolute atomic E-state index is 0.119. The lowest BCUT2D eigenvalue weighted by atomic mass is 10.0. The number of hydrogen-bond donors (Lipinski definition) is 1. The van der Waals surface area contributed by atoms with E-state index < -0.39 is 0 Å². The summed E-state index contributed by atoms with van der Waals surface area (Å²) >= 11 is 0. The van der Waals surface area contributed by atoms with Crippen LogP contribution in [0.2, 0.25) is 0 Å². The van der Waals surface area contributed by atoms with Gasteiger partial charge in [-0.05, 0) is 31.0 Å². The van der Waals surface area contributed by atoms with Crippen molar-refractivity contribution in [3.63, 3.8) is 0 Å². The summed E-state index contributed by atoms with van der Waals surface area (Å²) in [7, 11) is 0. The Hall–Kier alpha value is -1.09. The van der Waals surface area contributed by atoms with Crippen LogP contribution in [0.15, 0.2) is 18.2 Å². The first kappa shape index (κ1) is 15.0. The molecule has 0 radical (unpaired) electrons. The zero-order chi connectivity index (χ0) is 13.5. The molecule has 0 aliphatic heterocycles. The topological polar surface area (TPSA) is 23.5 Å². The molecule has 0 aliphatic carbocycles. The number of rotatable bonds is 7. The van der Waals surface area contributed by atoms with Crippen molar-refractivity contribution in [1.82, 2.24) is 0 Å². The van der Waals surface area contributed by atoms with E-state index >= 15 is 0 Å². The summed E-state index contributed by atoms with van der Waals surface area (Å²) in [4.78, 5) is 2.22. The lowest BCUT2D eigenvalue weighted by Crippen LogP contribution is -2.29. The molecule has 102 valence electrons. The van der Waals surface area contributed by atoms with E-state index in [2.05, 4.69) is 25.7 Å². The normalized spacial score (nSPS) is 11.0. The molecular weight excluding hydrogens is 229 g/mol. The van der Waals surface area contributed by atoms with Gasteiger partial charge in [-0.3, -0.25) is 0 Å². The zero-order valence-corrected chi connectivity index (χ0v) is 11.6. The number of anilines is 1. The number of hydrogen-bond acceptors (Lipinski definition) is 2. The maximum absolute atomic E-state index is 13.2. The predicted molar refractivity (Wildman–Crippen MR) is 74.3 cm³/mol. The van der Waals surface area contributed by atoms with Gasteiger partial charge in [-0.1, -0.05) is 26.7 Å². The number of aliphatic hydroxyl groups is 1. The Kier molecular flexibility index (Phi) is 6.13. The zero-order valence-electron chi connectivity index (χ0n) is 11.6. The van der Waals surface area contributed by atoms with Gasteiger partial charge in [0.1, 0.15) is 5.82 Å². The molecule has 1 aromatic carbocycles. The smallest absolute Gasteiger partial charge is 0.123 e. The van der Waals surface area contributed by atoms with Crippen molar-refractivity contribution < 1.29 is 9.50 Å². The van der Waals surface area contributed by atoms with Gasteiger partial charge in [0.25, 0.3) is 0 Å². The fourth-order valence-corrected chi connectivity index (χ4v) is 2.25. The third-order valence-electron chi connectivity index (χ3n) is 3.57. The van der Waals surface area contributed by atoms with Crippen LogP contribution < -0.4 is 4.90 Å². The SMILES string of the molecule is CCC(CC)CN(CC)c1ccc(F)cc1CO. The van der Waals surface area contributed by atoms with E-state index in [-0.39, 0.29) is 12.4 Å². The molecule has 0 amide bonds. The molecule has 0 spiro atoms. The van der Waals surface area contributed by atoms with Crippen molar-refractivity contribution in [2.75, 3.05) is 18.0 Å². The first-order valence-electron chi connectivity index (χ1n) is 6.80. The molecule has 0 bridgehead atoms. The highest BCUT2D eigenvalue weighted by Gasteiger charge is 2.14. The average molecular weight is 253 g/mol. The molecule has 1 N–H and O–H groups in total. The number of nitrogens with zero attached hydrogens (tertiary/aromatic N) is 1. The molecule has 0 saturated carbocycles. The van der Waals surface area contributed by atoms with Gasteiger partial charge in [-0.15, -0.1) is 0 Å². The van der Waals surface area contributed by atoms with Crippen LogP contribution >= 0.6 is 0 Å². The Balaban J connectivity index is 2.93. The number of benzene rings is 1. The summed E-state index contributed by atoms with van der Waals surface area (Å²) in [6.45, 7) is 8.19. The second kappa shape index (κ2) is 7.37. The summed E-state index contributed by atoms with van der Waals surface area (Å²) in [5.41, 5.74) is 1.62. The van der Waals surface area contributed by atoms with Crippen LogP contribution in [0.3, 0.4) is 0 Å². The molecule has 0 fully saturated rings. The monoisotopic (exact) mass is 253 g/mol. The molecular formula is C15H24FNO. The van der Waals surface area contributed by atoms with Crippen LogP contribution in [-0.4, -0.2) is 18.2 Å². The van der Waals surface area contributed by atoms with E-state index in [4.69, 9.17) is 0 Å². The standard InChI is InChI=1S/C15H24FNO/c1-4-12(5-2)10-17(6-3)15-8-7-14(16)9-13(15)11-18/h7-9,12,18H,4-6,10-11H2,1-3H3. The molecule has 3 heteroatoms. The third-order valence-corrected chi connectivity index (χ3v) is 3.57. The van der Waals surface area contributed by atoms with Gasteiger partial charge >= 0.3 is 0 Å². The Bertz CT molecular complexity index is 364. The van der Waals surface area contributed by atoms with Gasteiger partial charge in [0.15, 0.2) is 0 Å². The lowest BCUT2D eigenvalue weighted by Gasteiger charge is -2.29. The van der Waals surface area contributed by atoms with E-state index in [1.165, 1.54) is 12.1 Å². The molecule has 0 aliphatic rings. The van der Waals surface area contributed by atoms with Crippen LogP contribution in [0, 0.1) is 11.7 Å². The van der Waals surface area contributed by atoms with Crippen LogP contribution in [0.25, 0.3) is 0 Å². The van der Waals surface area contributed by atoms with Crippen LogP contribution in [0.4, 0.5) is 10.1 Å². The summed E-state index contributed by atoms with van der Waals surface area (Å²) in [6, 6.07) is 4.65. The van der Waals surface area contributed by atoms with Gasteiger partial charge in [-0.25, -0.2) is 4.39 Å². The molecule has 0 saturated heterocycles. The second-order valence-electron chi connectivity index (χ2n) is 4.65. The van der Waals surface area contributed by atoms with E-state index in [9.17, 15) is 9.50 Å². The predicted octanol–water partition coefficient (Wildman–Crippen LogP) is 3.58. The Morgan fingerprint density at radius 3 is 2.39 bits per heavy atom. The van der Waals surface area contributed by atoms with E-state index in [1.807, 2.05) is 0 Å². The van der Waals surface area contributed by atoms with Gasteiger partial charge in [0.05, 0.1) is 6.61 Å². The lowest BCUT2D eigenvalue weighted by molar-refractivity contribution is 0.281. The minimum atomic E-state index is -0.290. The van der Waals surface area contributed by atoms with Crippen LogP contribution in [0.5, 0.6) is 0 Å². The first-order chi connectivity index (χ1) is 8.65. The fraction of sp³-hybridized carbons (Fsp3) is 0.600. The van der Waals surface area contributed by atoms with Gasteiger partial charge in [0, 0.05) is 24.3 Å². The van der Waals surface area contributed by atoms with Crippen molar-refractivity contribution in [2.45, 2.75) is 40.2 Å². The number of halogens is 1. The summed E-state index contributed by atoms with van der Waals surface area (Å²) in [5, 5.41) is 9.34. The van der Waals surface area contributed by atoms with Gasteiger partial charge in [-0.2, -0.15) is 0 Å². The quantitative estimate of drug-likeness (QED) is 0.803.